The summed E-state index contributed by atoms with van der Waals surface area (Å²) in [4.78, 5) is 0. The van der Waals surface area contributed by atoms with Crippen molar-refractivity contribution in [2.75, 3.05) is 0 Å². The van der Waals surface area contributed by atoms with E-state index in [4.69, 9.17) is 26.3 Å². The zero-order chi connectivity index (χ0) is 10.3. The fourth-order valence-corrected chi connectivity index (χ4v) is 1.83. The summed E-state index contributed by atoms with van der Waals surface area (Å²) in [6.07, 6.45) is -0.519. The quantitative estimate of drug-likeness (QED) is 0.406. The monoisotopic (exact) mass is 207 g/mol. The molecule has 1 aliphatic heterocycles. The Morgan fingerprint density at radius 2 is 1.92 bits per heavy atom. The largest absolute Gasteiger partial charge is 0.410 e. The molecule has 1 N–H and O–H groups in total. The summed E-state index contributed by atoms with van der Waals surface area (Å²) >= 11 is 5.68. The van der Waals surface area contributed by atoms with Gasteiger partial charge in [-0.05, 0) is 27.7 Å². The standard InChI is InChI=1S/C8H14ClNO3/c1-7(2)5(6(9)10-11)12-8(3,4)13-7/h5,11H,1-4H3/t5-/m0/s1. The lowest BCUT2D eigenvalue weighted by molar-refractivity contribution is -0.155. The van der Waals surface area contributed by atoms with Gasteiger partial charge in [-0.25, -0.2) is 0 Å². The lowest BCUT2D eigenvalue weighted by atomic mass is 10.0. The van der Waals surface area contributed by atoms with Gasteiger partial charge in [0.1, 0.15) is 6.10 Å². The second kappa shape index (κ2) is 3.12. The van der Waals surface area contributed by atoms with Gasteiger partial charge >= 0.3 is 0 Å². The molecule has 1 fully saturated rings. The van der Waals surface area contributed by atoms with Gasteiger partial charge in [0.05, 0.1) is 5.60 Å². The van der Waals surface area contributed by atoms with Gasteiger partial charge in [0, 0.05) is 0 Å². The normalized spacial score (nSPS) is 32.1. The van der Waals surface area contributed by atoms with Crippen molar-refractivity contribution in [2.24, 2.45) is 5.16 Å². The Kier molecular flexibility index (Phi) is 2.58. The molecule has 76 valence electrons. The molecule has 0 aliphatic carbocycles. The third kappa shape index (κ3) is 2.13. The average Bonchev–Trinajstić information content (AvgIpc) is 2.17. The summed E-state index contributed by atoms with van der Waals surface area (Å²) in [5, 5.41) is 11.4. The van der Waals surface area contributed by atoms with E-state index < -0.39 is 17.5 Å². The average molecular weight is 208 g/mol. The van der Waals surface area contributed by atoms with E-state index in [0.717, 1.165) is 0 Å². The molecule has 5 heteroatoms. The van der Waals surface area contributed by atoms with Crippen LogP contribution in [0.1, 0.15) is 27.7 Å². The first-order valence-electron chi connectivity index (χ1n) is 4.04. The van der Waals surface area contributed by atoms with Crippen molar-refractivity contribution in [1.29, 1.82) is 0 Å². The van der Waals surface area contributed by atoms with Gasteiger partial charge in [0.15, 0.2) is 11.0 Å². The van der Waals surface area contributed by atoms with Gasteiger partial charge in [0.25, 0.3) is 0 Å². The topological polar surface area (TPSA) is 51.0 Å². The van der Waals surface area contributed by atoms with Crippen LogP contribution in [0.3, 0.4) is 0 Å². The first-order valence-corrected chi connectivity index (χ1v) is 4.42. The first-order chi connectivity index (χ1) is 5.78. The summed E-state index contributed by atoms with van der Waals surface area (Å²) in [5.41, 5.74) is -0.577. The van der Waals surface area contributed by atoms with Crippen molar-refractivity contribution in [3.63, 3.8) is 0 Å². The molecule has 0 amide bonds. The Bertz CT molecular complexity index is 238. The maximum Gasteiger partial charge on any atom is 0.177 e. The molecule has 0 aromatic carbocycles. The predicted octanol–water partition coefficient (Wildman–Crippen LogP) is 1.94. The van der Waals surface area contributed by atoms with Crippen LogP contribution in [0.15, 0.2) is 5.16 Å². The molecular formula is C8H14ClNO3. The molecule has 1 heterocycles. The zero-order valence-electron chi connectivity index (χ0n) is 8.17. The minimum atomic E-state index is -0.695. The molecule has 1 aliphatic rings. The highest BCUT2D eigenvalue weighted by Gasteiger charge is 2.49. The highest BCUT2D eigenvalue weighted by atomic mass is 35.5. The lowest BCUT2D eigenvalue weighted by Crippen LogP contribution is -2.37. The van der Waals surface area contributed by atoms with Crippen molar-refractivity contribution >= 4 is 16.8 Å². The van der Waals surface area contributed by atoms with Gasteiger partial charge < -0.3 is 14.7 Å². The van der Waals surface area contributed by atoms with Crippen LogP contribution in [-0.4, -0.2) is 27.9 Å². The molecule has 4 nitrogen and oxygen atoms in total. The molecular weight excluding hydrogens is 194 g/mol. The number of nitrogens with zero attached hydrogens (tertiary/aromatic N) is 1. The van der Waals surface area contributed by atoms with E-state index in [1.165, 1.54) is 0 Å². The molecule has 0 aromatic heterocycles. The van der Waals surface area contributed by atoms with Crippen LogP contribution < -0.4 is 0 Å². The summed E-state index contributed by atoms with van der Waals surface area (Å²) in [5.74, 6) is -0.695. The van der Waals surface area contributed by atoms with Crippen molar-refractivity contribution < 1.29 is 14.7 Å². The Labute approximate surface area is 82.5 Å². The Morgan fingerprint density at radius 1 is 1.38 bits per heavy atom. The lowest BCUT2D eigenvalue weighted by Gasteiger charge is -2.22. The molecule has 0 unspecified atom stereocenters. The molecule has 0 saturated carbocycles. The van der Waals surface area contributed by atoms with Crippen LogP contribution >= 0.6 is 11.6 Å². The Morgan fingerprint density at radius 3 is 2.23 bits per heavy atom. The fraction of sp³-hybridized carbons (Fsp3) is 0.875. The van der Waals surface area contributed by atoms with Crippen LogP contribution in [0.2, 0.25) is 0 Å². The van der Waals surface area contributed by atoms with E-state index in [1.807, 2.05) is 13.8 Å². The van der Waals surface area contributed by atoms with E-state index in [1.54, 1.807) is 13.8 Å². The summed E-state index contributed by atoms with van der Waals surface area (Å²) in [6.45, 7) is 7.24. The van der Waals surface area contributed by atoms with E-state index in [2.05, 4.69) is 5.16 Å². The van der Waals surface area contributed by atoms with Crippen molar-refractivity contribution in [3.05, 3.63) is 0 Å². The second-order valence-electron chi connectivity index (χ2n) is 4.03. The molecule has 0 aromatic rings. The third-order valence-electron chi connectivity index (χ3n) is 1.85. The van der Waals surface area contributed by atoms with E-state index in [0.29, 0.717) is 0 Å². The number of rotatable bonds is 1. The van der Waals surface area contributed by atoms with Crippen LogP contribution in [0.25, 0.3) is 0 Å². The number of hydrogen-bond donors (Lipinski definition) is 1. The van der Waals surface area contributed by atoms with E-state index in [9.17, 15) is 0 Å². The first kappa shape index (κ1) is 10.8. The zero-order valence-corrected chi connectivity index (χ0v) is 8.92. The van der Waals surface area contributed by atoms with Gasteiger partial charge in [-0.1, -0.05) is 16.8 Å². The smallest absolute Gasteiger partial charge is 0.177 e. The Balaban J connectivity index is 2.89. The molecule has 1 atom stereocenters. The summed E-state index contributed by atoms with van der Waals surface area (Å²) in [7, 11) is 0. The van der Waals surface area contributed by atoms with Crippen molar-refractivity contribution in [2.45, 2.75) is 45.2 Å². The highest BCUT2D eigenvalue weighted by Crippen LogP contribution is 2.37. The van der Waals surface area contributed by atoms with Gasteiger partial charge in [0.2, 0.25) is 0 Å². The summed E-state index contributed by atoms with van der Waals surface area (Å²) < 4.78 is 11.0. The Hall–Kier alpha value is -0.320. The van der Waals surface area contributed by atoms with E-state index >= 15 is 0 Å². The second-order valence-corrected chi connectivity index (χ2v) is 4.41. The predicted molar refractivity (Wildman–Crippen MR) is 49.2 cm³/mol. The third-order valence-corrected chi connectivity index (χ3v) is 2.13. The molecule has 13 heavy (non-hydrogen) atoms. The highest BCUT2D eigenvalue weighted by molar-refractivity contribution is 6.66. The van der Waals surface area contributed by atoms with Crippen LogP contribution in [-0.2, 0) is 9.47 Å². The van der Waals surface area contributed by atoms with Gasteiger partial charge in [-0.15, -0.1) is 0 Å². The van der Waals surface area contributed by atoms with Crippen LogP contribution in [0.4, 0.5) is 0 Å². The summed E-state index contributed by atoms with van der Waals surface area (Å²) in [6, 6.07) is 0. The number of ether oxygens (including phenoxy) is 2. The maximum atomic E-state index is 8.52. The minimum Gasteiger partial charge on any atom is -0.410 e. The van der Waals surface area contributed by atoms with E-state index in [-0.39, 0.29) is 5.17 Å². The van der Waals surface area contributed by atoms with Gasteiger partial charge in [-0.2, -0.15) is 0 Å². The van der Waals surface area contributed by atoms with Crippen molar-refractivity contribution in [1.82, 2.24) is 0 Å². The van der Waals surface area contributed by atoms with Crippen LogP contribution in [0, 0.1) is 0 Å². The maximum absolute atomic E-state index is 8.52. The number of hydrogen-bond acceptors (Lipinski definition) is 4. The number of oxime groups is 1. The fourth-order valence-electron chi connectivity index (χ4n) is 1.52. The SMILES string of the molecule is CC1(C)O[C@@H](C(Cl)=NO)C(C)(C)O1. The van der Waals surface area contributed by atoms with Crippen molar-refractivity contribution in [3.8, 4) is 0 Å². The minimum absolute atomic E-state index is 0.00979. The molecule has 0 spiro atoms. The van der Waals surface area contributed by atoms with Crippen LogP contribution in [0.5, 0.6) is 0 Å². The number of halogens is 1. The molecule has 0 radical (unpaired) electrons. The molecule has 1 saturated heterocycles. The van der Waals surface area contributed by atoms with Gasteiger partial charge in [-0.3, -0.25) is 0 Å². The molecule has 0 bridgehead atoms. The molecule has 1 rings (SSSR count).